The maximum absolute atomic E-state index is 13.2. The fourth-order valence-electron chi connectivity index (χ4n) is 3.23. The van der Waals surface area contributed by atoms with Gasteiger partial charge in [-0.1, -0.05) is 25.4 Å². The van der Waals surface area contributed by atoms with Crippen LogP contribution in [0.1, 0.15) is 43.7 Å². The summed E-state index contributed by atoms with van der Waals surface area (Å²) in [6, 6.07) is 7.34. The normalized spacial score (nSPS) is 11.1. The molecule has 0 aliphatic carbocycles. The van der Waals surface area contributed by atoms with Crippen molar-refractivity contribution in [2.75, 3.05) is 13.1 Å². The molecule has 0 bridgehead atoms. The van der Waals surface area contributed by atoms with Gasteiger partial charge in [0.2, 0.25) is 5.91 Å². The quantitative estimate of drug-likeness (QED) is 0.426. The Kier molecular flexibility index (Phi) is 8.21. The smallest absolute Gasteiger partial charge is 0.270 e. The van der Waals surface area contributed by atoms with E-state index >= 15 is 0 Å². The zero-order valence-corrected chi connectivity index (χ0v) is 19.3. The Hall–Kier alpha value is -2.87. The molecule has 0 radical (unpaired) electrons. The molecule has 2 amide bonds. The van der Waals surface area contributed by atoms with Gasteiger partial charge in [-0.15, -0.1) is 0 Å². The van der Waals surface area contributed by atoms with Crippen LogP contribution in [0.15, 0.2) is 36.5 Å². The van der Waals surface area contributed by atoms with E-state index in [0.29, 0.717) is 13.1 Å². The van der Waals surface area contributed by atoms with E-state index in [1.165, 1.54) is 17.0 Å². The number of nitrogens with zero attached hydrogens (tertiary/aromatic N) is 4. The lowest BCUT2D eigenvalue weighted by Crippen LogP contribution is -2.46. The SMILES string of the molecule is CC(C)CN(Cc1cccn1C)C(=O)CN(C(=O)c1ccc([N+](=O)[O-])cc1Cl)C(C)C. The molecular formula is C22H29ClN4O4. The number of benzene rings is 1. The second kappa shape index (κ2) is 10.4. The van der Waals surface area contributed by atoms with Gasteiger partial charge in [-0.25, -0.2) is 0 Å². The predicted molar refractivity (Wildman–Crippen MR) is 120 cm³/mol. The average molecular weight is 449 g/mol. The third kappa shape index (κ3) is 6.30. The molecule has 8 nitrogen and oxygen atoms in total. The van der Waals surface area contributed by atoms with Crippen LogP contribution < -0.4 is 0 Å². The highest BCUT2D eigenvalue weighted by Crippen LogP contribution is 2.24. The van der Waals surface area contributed by atoms with Crippen LogP contribution in [0, 0.1) is 16.0 Å². The standard InChI is InChI=1S/C22H29ClN4O4/c1-15(2)12-25(13-18-7-6-10-24(18)5)21(28)14-26(16(3)4)22(29)19-9-8-17(27(30)31)11-20(19)23/h6-11,15-16H,12-14H2,1-5H3. The van der Waals surface area contributed by atoms with Crippen molar-refractivity contribution in [1.29, 1.82) is 0 Å². The number of aromatic nitrogens is 1. The lowest BCUT2D eigenvalue weighted by atomic mass is 10.1. The van der Waals surface area contributed by atoms with Gasteiger partial charge in [0.1, 0.15) is 6.54 Å². The number of rotatable bonds is 9. The number of hydrogen-bond donors (Lipinski definition) is 0. The van der Waals surface area contributed by atoms with E-state index in [2.05, 4.69) is 0 Å². The number of amides is 2. The molecule has 1 heterocycles. The van der Waals surface area contributed by atoms with Gasteiger partial charge in [0.05, 0.1) is 22.1 Å². The molecule has 0 aliphatic rings. The molecule has 0 unspecified atom stereocenters. The van der Waals surface area contributed by atoms with Gasteiger partial charge in [0.25, 0.3) is 11.6 Å². The van der Waals surface area contributed by atoms with E-state index in [1.807, 2.05) is 57.6 Å². The Morgan fingerprint density at radius 1 is 1.19 bits per heavy atom. The minimum Gasteiger partial charge on any atom is -0.353 e. The number of aryl methyl sites for hydroxylation is 1. The van der Waals surface area contributed by atoms with Crippen LogP contribution in [0.25, 0.3) is 0 Å². The van der Waals surface area contributed by atoms with Crippen LogP contribution in [0.5, 0.6) is 0 Å². The van der Waals surface area contributed by atoms with Gasteiger partial charge in [0.15, 0.2) is 0 Å². The van der Waals surface area contributed by atoms with Crippen LogP contribution in [0.4, 0.5) is 5.69 Å². The van der Waals surface area contributed by atoms with E-state index in [4.69, 9.17) is 11.6 Å². The molecule has 1 aromatic carbocycles. The lowest BCUT2D eigenvalue weighted by Gasteiger charge is -2.31. The van der Waals surface area contributed by atoms with Gasteiger partial charge in [-0.05, 0) is 38.0 Å². The van der Waals surface area contributed by atoms with E-state index in [1.54, 1.807) is 4.90 Å². The topological polar surface area (TPSA) is 88.7 Å². The summed E-state index contributed by atoms with van der Waals surface area (Å²) in [6.07, 6.45) is 1.92. The highest BCUT2D eigenvalue weighted by molar-refractivity contribution is 6.34. The first kappa shape index (κ1) is 24.4. The van der Waals surface area contributed by atoms with Crippen LogP contribution in [-0.4, -0.2) is 50.2 Å². The van der Waals surface area contributed by atoms with Crippen molar-refractivity contribution in [3.8, 4) is 0 Å². The summed E-state index contributed by atoms with van der Waals surface area (Å²) < 4.78 is 1.96. The summed E-state index contributed by atoms with van der Waals surface area (Å²) in [7, 11) is 1.92. The third-order valence-corrected chi connectivity index (χ3v) is 5.24. The summed E-state index contributed by atoms with van der Waals surface area (Å²) in [6.45, 7) is 8.59. The summed E-state index contributed by atoms with van der Waals surface area (Å²) >= 11 is 6.15. The van der Waals surface area contributed by atoms with E-state index < -0.39 is 10.8 Å². The zero-order valence-electron chi connectivity index (χ0n) is 18.5. The Balaban J connectivity index is 2.25. The van der Waals surface area contributed by atoms with Crippen molar-refractivity contribution >= 4 is 29.1 Å². The Morgan fingerprint density at radius 3 is 2.35 bits per heavy atom. The van der Waals surface area contributed by atoms with Crippen molar-refractivity contribution in [2.45, 2.75) is 40.3 Å². The van der Waals surface area contributed by atoms with Crippen LogP contribution in [0.3, 0.4) is 0 Å². The summed E-state index contributed by atoms with van der Waals surface area (Å²) in [4.78, 5) is 39.9. The number of carbonyl (C=O) groups is 2. The molecule has 2 aromatic rings. The maximum atomic E-state index is 13.2. The van der Waals surface area contributed by atoms with Crippen LogP contribution >= 0.6 is 11.6 Å². The zero-order chi connectivity index (χ0) is 23.3. The van der Waals surface area contributed by atoms with Crippen molar-refractivity contribution in [3.05, 3.63) is 62.9 Å². The Labute approximate surface area is 187 Å². The molecule has 168 valence electrons. The highest BCUT2D eigenvalue weighted by Gasteiger charge is 2.27. The van der Waals surface area contributed by atoms with E-state index in [0.717, 1.165) is 11.8 Å². The molecule has 0 spiro atoms. The Morgan fingerprint density at radius 2 is 1.87 bits per heavy atom. The molecule has 0 saturated carbocycles. The van der Waals surface area contributed by atoms with Crippen LogP contribution in [-0.2, 0) is 18.4 Å². The van der Waals surface area contributed by atoms with Crippen molar-refractivity contribution in [2.24, 2.45) is 13.0 Å². The number of halogens is 1. The highest BCUT2D eigenvalue weighted by atomic mass is 35.5. The number of nitro benzene ring substituents is 1. The summed E-state index contributed by atoms with van der Waals surface area (Å²) in [5.41, 5.74) is 0.931. The number of non-ortho nitro benzene ring substituents is 1. The predicted octanol–water partition coefficient (Wildman–Crippen LogP) is 4.12. The summed E-state index contributed by atoms with van der Waals surface area (Å²) in [5, 5.41) is 10.9. The lowest BCUT2D eigenvalue weighted by molar-refractivity contribution is -0.384. The molecule has 31 heavy (non-hydrogen) atoms. The van der Waals surface area contributed by atoms with Crippen molar-refractivity contribution in [3.63, 3.8) is 0 Å². The Bertz CT molecular complexity index is 955. The van der Waals surface area contributed by atoms with Gasteiger partial charge in [-0.2, -0.15) is 0 Å². The minimum absolute atomic E-state index is 0.0138. The third-order valence-electron chi connectivity index (χ3n) is 4.93. The largest absolute Gasteiger partial charge is 0.353 e. The van der Waals surface area contributed by atoms with E-state index in [9.17, 15) is 19.7 Å². The fourth-order valence-corrected chi connectivity index (χ4v) is 3.49. The van der Waals surface area contributed by atoms with Gasteiger partial charge in [0, 0.05) is 43.7 Å². The molecule has 9 heteroatoms. The number of nitro groups is 1. The molecule has 0 atom stereocenters. The second-order valence-electron chi connectivity index (χ2n) is 8.23. The first-order valence-electron chi connectivity index (χ1n) is 10.1. The molecule has 0 saturated heterocycles. The first-order valence-corrected chi connectivity index (χ1v) is 10.5. The maximum Gasteiger partial charge on any atom is 0.270 e. The van der Waals surface area contributed by atoms with Gasteiger partial charge in [-0.3, -0.25) is 19.7 Å². The summed E-state index contributed by atoms with van der Waals surface area (Å²) in [5.74, 6) is -0.349. The minimum atomic E-state index is -0.572. The van der Waals surface area contributed by atoms with Gasteiger partial charge >= 0.3 is 0 Å². The molecule has 0 aliphatic heterocycles. The molecular weight excluding hydrogens is 420 g/mol. The fraction of sp³-hybridized carbons (Fsp3) is 0.455. The molecule has 0 N–H and O–H groups in total. The monoisotopic (exact) mass is 448 g/mol. The van der Waals surface area contributed by atoms with Gasteiger partial charge < -0.3 is 14.4 Å². The molecule has 1 aromatic heterocycles. The number of carbonyl (C=O) groups excluding carboxylic acids is 2. The van der Waals surface area contributed by atoms with E-state index in [-0.39, 0.29) is 40.7 Å². The average Bonchev–Trinajstić information content (AvgIpc) is 3.08. The second-order valence-corrected chi connectivity index (χ2v) is 8.63. The molecule has 2 rings (SSSR count). The first-order chi connectivity index (χ1) is 14.5. The van der Waals surface area contributed by atoms with Crippen LogP contribution in [0.2, 0.25) is 5.02 Å². The van der Waals surface area contributed by atoms with Crippen molar-refractivity contribution in [1.82, 2.24) is 14.4 Å². The van der Waals surface area contributed by atoms with Crippen molar-refractivity contribution < 1.29 is 14.5 Å². The molecule has 0 fully saturated rings. The number of hydrogen-bond acceptors (Lipinski definition) is 4.